The van der Waals surface area contributed by atoms with Crippen LogP contribution in [0.15, 0.2) is 22.7 Å². The molecule has 0 unspecified atom stereocenters. The Bertz CT molecular complexity index is 331. The van der Waals surface area contributed by atoms with Crippen molar-refractivity contribution in [3.05, 3.63) is 29.7 Å². The Hall–Kier alpha value is -1.62. The van der Waals surface area contributed by atoms with Crippen LogP contribution in [-0.2, 0) is 11.3 Å². The van der Waals surface area contributed by atoms with Crippen LogP contribution in [0.3, 0.4) is 0 Å². The van der Waals surface area contributed by atoms with Gasteiger partial charge in [0.2, 0.25) is 0 Å². The molecule has 5 nitrogen and oxygen atoms in total. The molecule has 0 amide bonds. The van der Waals surface area contributed by atoms with Crippen molar-refractivity contribution in [3.63, 3.8) is 0 Å². The largest absolute Gasteiger partial charge is 0.478 e. The van der Waals surface area contributed by atoms with Gasteiger partial charge in [-0.15, -0.1) is 0 Å². The van der Waals surface area contributed by atoms with E-state index in [2.05, 4.69) is 10.5 Å². The van der Waals surface area contributed by atoms with Crippen molar-refractivity contribution in [2.24, 2.45) is 0 Å². The van der Waals surface area contributed by atoms with Gasteiger partial charge in [-0.25, -0.2) is 4.79 Å². The molecule has 1 heterocycles. The van der Waals surface area contributed by atoms with Crippen LogP contribution in [-0.4, -0.2) is 22.8 Å². The average molecular weight is 196 g/mol. The third-order valence-electron chi connectivity index (χ3n) is 1.50. The number of aromatic nitrogens is 1. The minimum atomic E-state index is -0.942. The minimum absolute atomic E-state index is 0.492. The van der Waals surface area contributed by atoms with Crippen molar-refractivity contribution in [1.29, 1.82) is 0 Å². The monoisotopic (exact) mass is 196 g/mol. The molecule has 0 saturated carbocycles. The lowest BCUT2D eigenvalue weighted by atomic mass is 10.4. The fourth-order valence-electron chi connectivity index (χ4n) is 0.938. The van der Waals surface area contributed by atoms with E-state index in [0.717, 1.165) is 17.5 Å². The molecule has 1 rings (SSSR count). The second-order valence-electron chi connectivity index (χ2n) is 2.81. The zero-order valence-electron chi connectivity index (χ0n) is 7.86. The predicted molar refractivity (Wildman–Crippen MR) is 49.7 cm³/mol. The SMILES string of the molecule is Cc1cc(CNC/C=C/C(=O)O)on1. The summed E-state index contributed by atoms with van der Waals surface area (Å²) in [7, 11) is 0. The standard InChI is InChI=1S/C9H12N2O3/c1-7-5-8(14-11-7)6-10-4-2-3-9(12)13/h2-3,5,10H,4,6H2,1H3,(H,12,13)/b3-2+. The van der Waals surface area contributed by atoms with Crippen LogP contribution in [0.2, 0.25) is 0 Å². The Morgan fingerprint density at radius 2 is 2.57 bits per heavy atom. The highest BCUT2D eigenvalue weighted by Gasteiger charge is 1.97. The van der Waals surface area contributed by atoms with E-state index < -0.39 is 5.97 Å². The van der Waals surface area contributed by atoms with Gasteiger partial charge >= 0.3 is 5.97 Å². The zero-order chi connectivity index (χ0) is 10.4. The number of carboxylic acid groups (broad SMARTS) is 1. The molecule has 0 saturated heterocycles. The first-order valence-electron chi connectivity index (χ1n) is 4.21. The molecule has 0 bridgehead atoms. The van der Waals surface area contributed by atoms with Crippen LogP contribution < -0.4 is 5.32 Å². The van der Waals surface area contributed by atoms with E-state index in [1.54, 1.807) is 0 Å². The Kier molecular flexibility index (Phi) is 3.87. The van der Waals surface area contributed by atoms with Gasteiger partial charge in [-0.2, -0.15) is 0 Å². The minimum Gasteiger partial charge on any atom is -0.478 e. The predicted octanol–water partition coefficient (Wildman–Crippen LogP) is 0.713. The summed E-state index contributed by atoms with van der Waals surface area (Å²) in [6.45, 7) is 2.88. The van der Waals surface area contributed by atoms with Gasteiger partial charge < -0.3 is 14.9 Å². The summed E-state index contributed by atoms with van der Waals surface area (Å²) in [6, 6.07) is 1.83. The normalized spacial score (nSPS) is 10.9. The molecule has 76 valence electrons. The fraction of sp³-hybridized carbons (Fsp3) is 0.333. The summed E-state index contributed by atoms with van der Waals surface area (Å²) in [5, 5.41) is 15.0. The molecule has 0 spiro atoms. The molecule has 0 aliphatic rings. The lowest BCUT2D eigenvalue weighted by Gasteiger charge is -1.94. The summed E-state index contributed by atoms with van der Waals surface area (Å²) in [4.78, 5) is 10.1. The van der Waals surface area contributed by atoms with E-state index in [1.165, 1.54) is 6.08 Å². The number of hydrogen-bond donors (Lipinski definition) is 2. The highest BCUT2D eigenvalue weighted by molar-refractivity contribution is 5.79. The molecule has 0 atom stereocenters. The number of aliphatic carboxylic acids is 1. The summed E-state index contributed by atoms with van der Waals surface area (Å²) in [6.07, 6.45) is 2.63. The summed E-state index contributed by atoms with van der Waals surface area (Å²) in [5.41, 5.74) is 0.836. The molecule has 14 heavy (non-hydrogen) atoms. The smallest absolute Gasteiger partial charge is 0.328 e. The van der Waals surface area contributed by atoms with E-state index in [9.17, 15) is 4.79 Å². The molecule has 0 fully saturated rings. The van der Waals surface area contributed by atoms with Gasteiger partial charge in [-0.3, -0.25) is 0 Å². The third kappa shape index (κ3) is 3.86. The molecule has 0 aliphatic carbocycles. The van der Waals surface area contributed by atoms with Crippen molar-refractivity contribution in [2.75, 3.05) is 6.54 Å². The van der Waals surface area contributed by atoms with Crippen LogP contribution in [0, 0.1) is 6.92 Å². The second kappa shape index (κ2) is 5.18. The average Bonchev–Trinajstić information content (AvgIpc) is 2.50. The lowest BCUT2D eigenvalue weighted by molar-refractivity contribution is -0.131. The maximum absolute atomic E-state index is 10.1. The summed E-state index contributed by atoms with van der Waals surface area (Å²) < 4.78 is 4.94. The number of carboxylic acids is 1. The Balaban J connectivity index is 2.19. The maximum Gasteiger partial charge on any atom is 0.328 e. The first-order chi connectivity index (χ1) is 6.68. The topological polar surface area (TPSA) is 75.4 Å². The molecule has 1 aromatic heterocycles. The van der Waals surface area contributed by atoms with Gasteiger partial charge in [0, 0.05) is 18.7 Å². The van der Waals surface area contributed by atoms with E-state index in [0.29, 0.717) is 13.1 Å². The van der Waals surface area contributed by atoms with E-state index >= 15 is 0 Å². The number of rotatable bonds is 5. The van der Waals surface area contributed by atoms with Gasteiger partial charge in [0.1, 0.15) is 0 Å². The Morgan fingerprint density at radius 1 is 1.79 bits per heavy atom. The van der Waals surface area contributed by atoms with Crippen molar-refractivity contribution < 1.29 is 14.4 Å². The molecule has 1 aromatic rings. The van der Waals surface area contributed by atoms with Crippen LogP contribution in [0.1, 0.15) is 11.5 Å². The molecule has 0 aromatic carbocycles. The first kappa shape index (κ1) is 10.5. The first-order valence-corrected chi connectivity index (χ1v) is 4.21. The van der Waals surface area contributed by atoms with Crippen molar-refractivity contribution in [3.8, 4) is 0 Å². The van der Waals surface area contributed by atoms with E-state index in [-0.39, 0.29) is 0 Å². The van der Waals surface area contributed by atoms with Gasteiger partial charge in [0.15, 0.2) is 5.76 Å². The zero-order valence-corrected chi connectivity index (χ0v) is 7.86. The molecule has 5 heteroatoms. The van der Waals surface area contributed by atoms with Gasteiger partial charge in [0.25, 0.3) is 0 Å². The molecular formula is C9H12N2O3. The number of aryl methyl sites for hydroxylation is 1. The highest BCUT2D eigenvalue weighted by Crippen LogP contribution is 2.00. The van der Waals surface area contributed by atoms with Crippen LogP contribution in [0.25, 0.3) is 0 Å². The molecular weight excluding hydrogens is 184 g/mol. The van der Waals surface area contributed by atoms with Gasteiger partial charge in [-0.1, -0.05) is 11.2 Å². The maximum atomic E-state index is 10.1. The van der Waals surface area contributed by atoms with Crippen molar-refractivity contribution in [1.82, 2.24) is 10.5 Å². The fourth-order valence-corrected chi connectivity index (χ4v) is 0.938. The van der Waals surface area contributed by atoms with Crippen molar-refractivity contribution in [2.45, 2.75) is 13.5 Å². The highest BCUT2D eigenvalue weighted by atomic mass is 16.5. The third-order valence-corrected chi connectivity index (χ3v) is 1.50. The molecule has 0 radical (unpaired) electrons. The second-order valence-corrected chi connectivity index (χ2v) is 2.81. The van der Waals surface area contributed by atoms with Crippen molar-refractivity contribution >= 4 is 5.97 Å². The van der Waals surface area contributed by atoms with Gasteiger partial charge in [-0.05, 0) is 6.92 Å². The molecule has 0 aliphatic heterocycles. The Morgan fingerprint density at radius 3 is 3.14 bits per heavy atom. The van der Waals surface area contributed by atoms with Crippen LogP contribution >= 0.6 is 0 Å². The van der Waals surface area contributed by atoms with E-state index in [1.807, 2.05) is 13.0 Å². The van der Waals surface area contributed by atoms with Gasteiger partial charge in [0.05, 0.1) is 12.2 Å². The molecule has 2 N–H and O–H groups in total. The number of hydrogen-bond acceptors (Lipinski definition) is 4. The number of nitrogens with one attached hydrogen (secondary N) is 1. The van der Waals surface area contributed by atoms with Crippen LogP contribution in [0.5, 0.6) is 0 Å². The summed E-state index contributed by atoms with van der Waals surface area (Å²) in [5.74, 6) is -0.200. The number of carbonyl (C=O) groups is 1. The quantitative estimate of drug-likeness (QED) is 0.536. The summed E-state index contributed by atoms with van der Waals surface area (Å²) >= 11 is 0. The van der Waals surface area contributed by atoms with E-state index in [4.69, 9.17) is 9.63 Å². The number of nitrogens with zero attached hydrogens (tertiary/aromatic N) is 1. The Labute approximate surface area is 81.4 Å². The van der Waals surface area contributed by atoms with Crippen LogP contribution in [0.4, 0.5) is 0 Å². The lowest BCUT2D eigenvalue weighted by Crippen LogP contribution is -2.12.